The molecule has 0 aromatic heterocycles. The van der Waals surface area contributed by atoms with E-state index in [4.69, 9.17) is 0 Å². The quantitative estimate of drug-likeness (QED) is 0.654. The van der Waals surface area contributed by atoms with E-state index in [-0.39, 0.29) is 0 Å². The minimum absolute atomic E-state index is 0.560. The van der Waals surface area contributed by atoms with Gasteiger partial charge in [0.1, 0.15) is 0 Å². The third-order valence-corrected chi connectivity index (χ3v) is 4.01. The number of hydrogen-bond acceptors (Lipinski definition) is 3. The highest BCUT2D eigenvalue weighted by Gasteiger charge is 2.42. The Labute approximate surface area is 107 Å². The summed E-state index contributed by atoms with van der Waals surface area (Å²) in [5.74, 6) is 1.82. The largest absolute Gasteiger partial charge is 0.308 e. The van der Waals surface area contributed by atoms with Gasteiger partial charge in [0.25, 0.3) is 0 Å². The highest BCUT2D eigenvalue weighted by molar-refractivity contribution is 7.80. The van der Waals surface area contributed by atoms with Gasteiger partial charge in [-0.25, -0.2) is 0 Å². The number of likely N-dealkylation sites (N-methyl/N-ethyl adjacent to an activating group) is 1. The first-order valence-corrected chi connectivity index (χ1v) is 7.09. The fraction of sp³-hybridized carbons (Fsp3) is 1.00. The Morgan fingerprint density at radius 3 is 2.19 bits per heavy atom. The maximum absolute atomic E-state index is 4.50. The van der Waals surface area contributed by atoms with Crippen LogP contribution in [0.3, 0.4) is 0 Å². The molecule has 0 bridgehead atoms. The normalized spacial score (nSPS) is 18.8. The molecule has 1 saturated carbocycles. The first kappa shape index (κ1) is 14.3. The van der Waals surface area contributed by atoms with Crippen LogP contribution < -0.4 is 0 Å². The molecule has 1 rings (SSSR count). The van der Waals surface area contributed by atoms with Gasteiger partial charge in [-0.15, -0.1) is 0 Å². The molecule has 0 saturated heterocycles. The summed E-state index contributed by atoms with van der Waals surface area (Å²) in [5.41, 5.74) is 0.560. The summed E-state index contributed by atoms with van der Waals surface area (Å²) >= 11 is 4.50. The van der Waals surface area contributed by atoms with Crippen molar-refractivity contribution in [1.29, 1.82) is 0 Å². The maximum Gasteiger partial charge on any atom is 0.0109 e. The summed E-state index contributed by atoms with van der Waals surface area (Å²) in [7, 11) is 4.30. The Kier molecular flexibility index (Phi) is 5.62. The van der Waals surface area contributed by atoms with Gasteiger partial charge >= 0.3 is 0 Å². The SMILES string of the molecule is CC(C)CN(CCN(C)C)CC1(CS)CC1. The lowest BCUT2D eigenvalue weighted by Crippen LogP contribution is -2.38. The van der Waals surface area contributed by atoms with Crippen LogP contribution in [-0.4, -0.2) is 55.8 Å². The minimum Gasteiger partial charge on any atom is -0.308 e. The van der Waals surface area contributed by atoms with Gasteiger partial charge in [-0.1, -0.05) is 13.8 Å². The second kappa shape index (κ2) is 6.27. The number of hydrogen-bond donors (Lipinski definition) is 1. The number of thiol groups is 1. The van der Waals surface area contributed by atoms with Gasteiger partial charge in [-0.2, -0.15) is 12.6 Å². The van der Waals surface area contributed by atoms with Gasteiger partial charge in [0.15, 0.2) is 0 Å². The molecule has 0 radical (unpaired) electrons. The maximum atomic E-state index is 4.50. The van der Waals surface area contributed by atoms with Crippen LogP contribution in [0.15, 0.2) is 0 Å². The molecular formula is C13H28N2S. The lowest BCUT2D eigenvalue weighted by Gasteiger charge is -2.29. The zero-order chi connectivity index (χ0) is 12.2. The van der Waals surface area contributed by atoms with Crippen LogP contribution in [0.4, 0.5) is 0 Å². The summed E-state index contributed by atoms with van der Waals surface area (Å²) < 4.78 is 0. The highest BCUT2D eigenvalue weighted by atomic mass is 32.1. The van der Waals surface area contributed by atoms with Gasteiger partial charge in [-0.3, -0.25) is 0 Å². The van der Waals surface area contributed by atoms with Crippen LogP contribution >= 0.6 is 12.6 Å². The van der Waals surface area contributed by atoms with Crippen LogP contribution in [0.25, 0.3) is 0 Å². The summed E-state index contributed by atoms with van der Waals surface area (Å²) in [6.45, 7) is 9.45. The van der Waals surface area contributed by atoms with Gasteiger partial charge in [0, 0.05) is 26.2 Å². The topological polar surface area (TPSA) is 6.48 Å². The molecule has 1 aliphatic rings. The summed E-state index contributed by atoms with van der Waals surface area (Å²) in [4.78, 5) is 4.90. The molecule has 0 atom stereocenters. The lowest BCUT2D eigenvalue weighted by atomic mass is 10.1. The zero-order valence-electron chi connectivity index (χ0n) is 11.4. The lowest BCUT2D eigenvalue weighted by molar-refractivity contribution is 0.189. The third kappa shape index (κ3) is 5.07. The van der Waals surface area contributed by atoms with Crippen LogP contribution in [0.1, 0.15) is 26.7 Å². The van der Waals surface area contributed by atoms with E-state index in [1.807, 2.05) is 0 Å². The van der Waals surface area contributed by atoms with E-state index in [2.05, 4.69) is 50.4 Å². The molecule has 3 heteroatoms. The Bertz CT molecular complexity index is 200. The van der Waals surface area contributed by atoms with Crippen LogP contribution in [0, 0.1) is 11.3 Å². The van der Waals surface area contributed by atoms with E-state index in [0.717, 1.165) is 18.2 Å². The van der Waals surface area contributed by atoms with Crippen LogP contribution in [0.2, 0.25) is 0 Å². The van der Waals surface area contributed by atoms with Crippen molar-refractivity contribution in [2.75, 3.05) is 46.0 Å². The Hall–Kier alpha value is 0.270. The van der Waals surface area contributed by atoms with Gasteiger partial charge in [-0.05, 0) is 44.0 Å². The van der Waals surface area contributed by atoms with E-state index in [0.29, 0.717) is 5.41 Å². The molecule has 0 heterocycles. The molecule has 0 aromatic rings. The van der Waals surface area contributed by atoms with E-state index >= 15 is 0 Å². The van der Waals surface area contributed by atoms with Crippen molar-refractivity contribution >= 4 is 12.6 Å². The molecule has 96 valence electrons. The van der Waals surface area contributed by atoms with Gasteiger partial charge in [0.2, 0.25) is 0 Å². The van der Waals surface area contributed by atoms with Crippen molar-refractivity contribution in [1.82, 2.24) is 9.80 Å². The molecule has 0 aliphatic heterocycles. The summed E-state index contributed by atoms with van der Waals surface area (Å²) in [6.07, 6.45) is 2.76. The van der Waals surface area contributed by atoms with E-state index in [1.165, 1.54) is 32.5 Å². The summed E-state index contributed by atoms with van der Waals surface area (Å²) in [6, 6.07) is 0. The fourth-order valence-corrected chi connectivity index (χ4v) is 2.53. The predicted molar refractivity (Wildman–Crippen MR) is 75.4 cm³/mol. The van der Waals surface area contributed by atoms with Crippen molar-refractivity contribution in [3.05, 3.63) is 0 Å². The van der Waals surface area contributed by atoms with Gasteiger partial charge in [0.05, 0.1) is 0 Å². The van der Waals surface area contributed by atoms with E-state index < -0.39 is 0 Å². The first-order chi connectivity index (χ1) is 7.47. The molecular weight excluding hydrogens is 216 g/mol. The molecule has 0 spiro atoms. The molecule has 0 unspecified atom stereocenters. The average molecular weight is 244 g/mol. The third-order valence-electron chi connectivity index (χ3n) is 3.34. The average Bonchev–Trinajstić information content (AvgIpc) is 2.94. The van der Waals surface area contributed by atoms with Crippen molar-refractivity contribution in [3.63, 3.8) is 0 Å². The van der Waals surface area contributed by atoms with Crippen molar-refractivity contribution in [2.24, 2.45) is 11.3 Å². The Morgan fingerprint density at radius 2 is 1.81 bits per heavy atom. The molecule has 0 amide bonds. The van der Waals surface area contributed by atoms with E-state index in [9.17, 15) is 0 Å². The Balaban J connectivity index is 2.37. The fourth-order valence-electron chi connectivity index (χ4n) is 2.11. The number of nitrogens with zero attached hydrogens (tertiary/aromatic N) is 2. The van der Waals surface area contributed by atoms with Crippen LogP contribution in [-0.2, 0) is 0 Å². The smallest absolute Gasteiger partial charge is 0.0109 e. The highest BCUT2D eigenvalue weighted by Crippen LogP contribution is 2.47. The van der Waals surface area contributed by atoms with Crippen LogP contribution in [0.5, 0.6) is 0 Å². The molecule has 1 aliphatic carbocycles. The van der Waals surface area contributed by atoms with Gasteiger partial charge < -0.3 is 9.80 Å². The number of rotatable bonds is 8. The monoisotopic (exact) mass is 244 g/mol. The molecule has 16 heavy (non-hydrogen) atoms. The van der Waals surface area contributed by atoms with Crippen molar-refractivity contribution in [3.8, 4) is 0 Å². The molecule has 0 N–H and O–H groups in total. The first-order valence-electron chi connectivity index (χ1n) is 6.45. The predicted octanol–water partition coefficient (Wildman–Crippen LogP) is 2.22. The van der Waals surface area contributed by atoms with E-state index in [1.54, 1.807) is 0 Å². The molecule has 2 nitrogen and oxygen atoms in total. The second-order valence-electron chi connectivity index (χ2n) is 6.09. The van der Waals surface area contributed by atoms with Crippen molar-refractivity contribution < 1.29 is 0 Å². The van der Waals surface area contributed by atoms with Crippen molar-refractivity contribution in [2.45, 2.75) is 26.7 Å². The summed E-state index contributed by atoms with van der Waals surface area (Å²) in [5, 5.41) is 0. The molecule has 1 fully saturated rings. The second-order valence-corrected chi connectivity index (χ2v) is 6.41. The zero-order valence-corrected chi connectivity index (χ0v) is 12.3. The standard InChI is InChI=1S/C13H28N2S/c1-12(2)9-15(8-7-14(3)4)10-13(11-16)5-6-13/h12,16H,5-11H2,1-4H3. The Morgan fingerprint density at radius 1 is 1.19 bits per heavy atom. The molecule has 0 aromatic carbocycles. The minimum atomic E-state index is 0.560.